The van der Waals surface area contributed by atoms with E-state index in [4.69, 9.17) is 5.73 Å². The summed E-state index contributed by atoms with van der Waals surface area (Å²) in [5, 5.41) is 3.61. The van der Waals surface area contributed by atoms with E-state index in [1.165, 1.54) is 38.9 Å². The van der Waals surface area contributed by atoms with Crippen molar-refractivity contribution in [3.63, 3.8) is 0 Å². The summed E-state index contributed by atoms with van der Waals surface area (Å²) in [7, 11) is 2.21. The van der Waals surface area contributed by atoms with E-state index in [1.54, 1.807) is 0 Å². The Kier molecular flexibility index (Phi) is 2.86. The van der Waals surface area contributed by atoms with Crippen LogP contribution < -0.4 is 11.1 Å². The minimum atomic E-state index is 0.476. The molecule has 3 heteroatoms. The quantitative estimate of drug-likeness (QED) is 0.648. The molecule has 13 heavy (non-hydrogen) atoms. The summed E-state index contributed by atoms with van der Waals surface area (Å²) in [4.78, 5) is 2.42. The lowest BCUT2D eigenvalue weighted by molar-refractivity contribution is 0.276. The van der Waals surface area contributed by atoms with Crippen LogP contribution in [0.2, 0.25) is 0 Å². The molecule has 1 aliphatic heterocycles. The van der Waals surface area contributed by atoms with Crippen LogP contribution in [0, 0.1) is 5.92 Å². The van der Waals surface area contributed by atoms with Gasteiger partial charge in [0.2, 0.25) is 0 Å². The predicted octanol–water partition coefficient (Wildman–Crippen LogP) is 0.0174. The average molecular weight is 183 g/mol. The Morgan fingerprint density at radius 1 is 1.46 bits per heavy atom. The van der Waals surface area contributed by atoms with E-state index in [0.29, 0.717) is 6.04 Å². The Hall–Kier alpha value is -0.120. The van der Waals surface area contributed by atoms with Gasteiger partial charge in [0.15, 0.2) is 0 Å². The summed E-state index contributed by atoms with van der Waals surface area (Å²) in [6, 6.07) is 1.20. The molecule has 0 radical (unpaired) electrons. The van der Waals surface area contributed by atoms with Crippen molar-refractivity contribution in [3.8, 4) is 0 Å². The van der Waals surface area contributed by atoms with Crippen LogP contribution >= 0.6 is 0 Å². The molecule has 0 amide bonds. The molecule has 0 aromatic rings. The second-order valence-corrected chi connectivity index (χ2v) is 4.75. The molecule has 1 atom stereocenters. The van der Waals surface area contributed by atoms with Gasteiger partial charge in [-0.05, 0) is 45.3 Å². The third-order valence-electron chi connectivity index (χ3n) is 3.36. The van der Waals surface area contributed by atoms with Gasteiger partial charge in [-0.15, -0.1) is 0 Å². The van der Waals surface area contributed by atoms with Crippen molar-refractivity contribution in [1.29, 1.82) is 0 Å². The minimum absolute atomic E-state index is 0.476. The zero-order valence-electron chi connectivity index (χ0n) is 8.50. The fourth-order valence-electron chi connectivity index (χ4n) is 2.35. The van der Waals surface area contributed by atoms with Crippen molar-refractivity contribution in [2.75, 3.05) is 26.7 Å². The molecule has 0 aromatic carbocycles. The first-order valence-electron chi connectivity index (χ1n) is 5.41. The van der Waals surface area contributed by atoms with Gasteiger partial charge in [0.1, 0.15) is 0 Å². The van der Waals surface area contributed by atoms with Crippen molar-refractivity contribution < 1.29 is 0 Å². The zero-order chi connectivity index (χ0) is 9.26. The van der Waals surface area contributed by atoms with Gasteiger partial charge in [-0.1, -0.05) is 0 Å². The Morgan fingerprint density at radius 2 is 2.23 bits per heavy atom. The van der Waals surface area contributed by atoms with E-state index in [9.17, 15) is 0 Å². The number of likely N-dealkylation sites (tertiary alicyclic amines) is 1. The molecule has 1 heterocycles. The molecule has 2 aliphatic rings. The maximum atomic E-state index is 5.73. The van der Waals surface area contributed by atoms with Crippen LogP contribution in [0.25, 0.3) is 0 Å². The third-order valence-corrected chi connectivity index (χ3v) is 3.36. The molecule has 3 N–H and O–H groups in total. The maximum Gasteiger partial charge on any atom is 0.00966 e. The van der Waals surface area contributed by atoms with Crippen LogP contribution in [-0.2, 0) is 0 Å². The van der Waals surface area contributed by atoms with E-state index in [-0.39, 0.29) is 0 Å². The first kappa shape index (κ1) is 9.44. The van der Waals surface area contributed by atoms with Crippen molar-refractivity contribution >= 4 is 0 Å². The number of nitrogens with two attached hydrogens (primary N) is 1. The van der Waals surface area contributed by atoms with Crippen molar-refractivity contribution in [2.45, 2.75) is 31.3 Å². The molecule has 1 saturated heterocycles. The first-order valence-corrected chi connectivity index (χ1v) is 5.41. The van der Waals surface area contributed by atoms with Crippen LogP contribution in [-0.4, -0.2) is 43.7 Å². The maximum absolute atomic E-state index is 5.73. The second-order valence-electron chi connectivity index (χ2n) is 4.75. The van der Waals surface area contributed by atoms with Gasteiger partial charge < -0.3 is 16.0 Å². The lowest BCUT2D eigenvalue weighted by atomic mass is 9.87. The standard InChI is InChI=1S/C10H21N3/c1-13-3-2-8(7-13)6-12-10-4-9(11)5-10/h8-10,12H,2-7,11H2,1H3. The van der Waals surface area contributed by atoms with Gasteiger partial charge in [-0.25, -0.2) is 0 Å². The van der Waals surface area contributed by atoms with Crippen LogP contribution in [0.1, 0.15) is 19.3 Å². The SMILES string of the molecule is CN1CCC(CNC2CC(N)C2)C1. The minimum Gasteiger partial charge on any atom is -0.328 e. The summed E-state index contributed by atoms with van der Waals surface area (Å²) in [6.07, 6.45) is 3.73. The van der Waals surface area contributed by atoms with Gasteiger partial charge in [0.25, 0.3) is 0 Å². The van der Waals surface area contributed by atoms with Gasteiger partial charge >= 0.3 is 0 Å². The molecule has 0 bridgehead atoms. The third kappa shape index (κ3) is 2.42. The highest BCUT2D eigenvalue weighted by Gasteiger charge is 2.27. The number of hydrogen-bond acceptors (Lipinski definition) is 3. The fourth-order valence-corrected chi connectivity index (χ4v) is 2.35. The summed E-state index contributed by atoms with van der Waals surface area (Å²) < 4.78 is 0. The van der Waals surface area contributed by atoms with Crippen molar-refractivity contribution in [3.05, 3.63) is 0 Å². The Bertz CT molecular complexity index is 166. The Morgan fingerprint density at radius 3 is 2.77 bits per heavy atom. The summed E-state index contributed by atoms with van der Waals surface area (Å²) >= 11 is 0. The second kappa shape index (κ2) is 3.95. The molecular formula is C10H21N3. The molecule has 2 rings (SSSR count). The van der Waals surface area contributed by atoms with Crippen molar-refractivity contribution in [2.24, 2.45) is 11.7 Å². The van der Waals surface area contributed by atoms with Gasteiger partial charge in [-0.3, -0.25) is 0 Å². The van der Waals surface area contributed by atoms with Gasteiger partial charge in [-0.2, -0.15) is 0 Å². The van der Waals surface area contributed by atoms with Gasteiger partial charge in [0, 0.05) is 18.6 Å². The molecule has 1 unspecified atom stereocenters. The Labute approximate surface area is 80.7 Å². The van der Waals surface area contributed by atoms with Crippen LogP contribution in [0.15, 0.2) is 0 Å². The molecule has 1 aliphatic carbocycles. The normalized spacial score (nSPS) is 40.6. The van der Waals surface area contributed by atoms with E-state index in [2.05, 4.69) is 17.3 Å². The van der Waals surface area contributed by atoms with Gasteiger partial charge in [0.05, 0.1) is 0 Å². The van der Waals surface area contributed by atoms with E-state index in [0.717, 1.165) is 12.0 Å². The number of rotatable bonds is 3. The number of hydrogen-bond donors (Lipinski definition) is 2. The highest BCUT2D eigenvalue weighted by Crippen LogP contribution is 2.19. The largest absolute Gasteiger partial charge is 0.328 e. The molecule has 0 aromatic heterocycles. The van der Waals surface area contributed by atoms with Crippen LogP contribution in [0.4, 0.5) is 0 Å². The topological polar surface area (TPSA) is 41.3 Å². The lowest BCUT2D eigenvalue weighted by Crippen LogP contribution is -2.49. The molecule has 1 saturated carbocycles. The summed E-state index contributed by atoms with van der Waals surface area (Å²) in [5.41, 5.74) is 5.73. The Balaban J connectivity index is 1.58. The monoisotopic (exact) mass is 183 g/mol. The van der Waals surface area contributed by atoms with Crippen LogP contribution in [0.3, 0.4) is 0 Å². The average Bonchev–Trinajstić information content (AvgIpc) is 2.43. The summed E-state index contributed by atoms with van der Waals surface area (Å²) in [6.45, 7) is 3.74. The zero-order valence-corrected chi connectivity index (χ0v) is 8.50. The van der Waals surface area contributed by atoms with E-state index >= 15 is 0 Å². The molecule has 2 fully saturated rings. The lowest BCUT2D eigenvalue weighted by Gasteiger charge is -2.34. The molecule has 3 nitrogen and oxygen atoms in total. The molecule has 76 valence electrons. The molecular weight excluding hydrogens is 162 g/mol. The highest BCUT2D eigenvalue weighted by atomic mass is 15.1. The predicted molar refractivity (Wildman–Crippen MR) is 54.6 cm³/mol. The fraction of sp³-hybridized carbons (Fsp3) is 1.00. The molecule has 0 spiro atoms. The van der Waals surface area contributed by atoms with Crippen LogP contribution in [0.5, 0.6) is 0 Å². The summed E-state index contributed by atoms with van der Waals surface area (Å²) in [5.74, 6) is 0.877. The van der Waals surface area contributed by atoms with Crippen molar-refractivity contribution in [1.82, 2.24) is 10.2 Å². The smallest absolute Gasteiger partial charge is 0.00966 e. The van der Waals surface area contributed by atoms with E-state index in [1.807, 2.05) is 0 Å². The highest BCUT2D eigenvalue weighted by molar-refractivity contribution is 4.88. The number of nitrogens with one attached hydrogen (secondary N) is 1. The van der Waals surface area contributed by atoms with E-state index < -0.39 is 0 Å². The first-order chi connectivity index (χ1) is 6.24. The number of nitrogens with zero attached hydrogens (tertiary/aromatic N) is 1.